The first-order valence-electron chi connectivity index (χ1n) is 8.72. The van der Waals surface area contributed by atoms with Crippen LogP contribution in [0.5, 0.6) is 17.5 Å². The lowest BCUT2D eigenvalue weighted by molar-refractivity contribution is 0.381. The molecule has 0 fully saturated rings. The van der Waals surface area contributed by atoms with Crippen molar-refractivity contribution in [2.24, 2.45) is 28.2 Å². The van der Waals surface area contributed by atoms with Crippen molar-refractivity contribution < 1.29 is 9.84 Å². The molecule has 0 aliphatic carbocycles. The standard InChI is InChI=1S/C19H18N4O6/c1-20-14(24)12(15(25)21(2)18(20)27)11-9-7-5-6-8-10(9)29-17-13(11)16(26)22(3)19(28)23(17)4/h5-8,11,24H,1-4H3/t11-/m0/s1. The summed E-state index contributed by atoms with van der Waals surface area (Å²) >= 11 is 0. The minimum Gasteiger partial charge on any atom is -0.494 e. The first kappa shape index (κ1) is 18.5. The molecule has 29 heavy (non-hydrogen) atoms. The van der Waals surface area contributed by atoms with Crippen LogP contribution in [0.1, 0.15) is 22.6 Å². The topological polar surface area (TPSA) is 117 Å². The molecular formula is C19H18N4O6. The largest absolute Gasteiger partial charge is 0.494 e. The molecule has 0 amide bonds. The highest BCUT2D eigenvalue weighted by atomic mass is 16.5. The Balaban J connectivity index is 2.24. The molecule has 150 valence electrons. The second-order valence-corrected chi connectivity index (χ2v) is 6.94. The average molecular weight is 398 g/mol. The Hall–Kier alpha value is -3.82. The van der Waals surface area contributed by atoms with Crippen LogP contribution in [0.2, 0.25) is 0 Å². The van der Waals surface area contributed by atoms with Crippen LogP contribution in [0.4, 0.5) is 0 Å². The number of benzene rings is 1. The predicted molar refractivity (Wildman–Crippen MR) is 103 cm³/mol. The monoisotopic (exact) mass is 398 g/mol. The molecule has 0 unspecified atom stereocenters. The Morgan fingerprint density at radius 3 is 2.00 bits per heavy atom. The summed E-state index contributed by atoms with van der Waals surface area (Å²) in [5, 5.41) is 10.7. The van der Waals surface area contributed by atoms with Gasteiger partial charge in [-0.05, 0) is 6.07 Å². The zero-order chi connectivity index (χ0) is 21.2. The maximum atomic E-state index is 13.0. The number of aromatic hydroxyl groups is 1. The highest BCUT2D eigenvalue weighted by molar-refractivity contribution is 5.57. The lowest BCUT2D eigenvalue weighted by Crippen LogP contribution is -2.44. The van der Waals surface area contributed by atoms with E-state index in [-0.39, 0.29) is 17.0 Å². The fourth-order valence-electron chi connectivity index (χ4n) is 3.71. The van der Waals surface area contributed by atoms with Crippen LogP contribution in [0.15, 0.2) is 43.4 Å². The number of ether oxygens (including phenoxy) is 1. The molecule has 0 radical (unpaired) electrons. The lowest BCUT2D eigenvalue weighted by Gasteiger charge is -2.29. The van der Waals surface area contributed by atoms with Crippen molar-refractivity contribution in [3.8, 4) is 17.5 Å². The maximum Gasteiger partial charge on any atom is 0.333 e. The summed E-state index contributed by atoms with van der Waals surface area (Å²) in [5.74, 6) is -1.27. The molecule has 1 N–H and O–H groups in total. The molecule has 0 saturated heterocycles. The van der Waals surface area contributed by atoms with E-state index in [1.54, 1.807) is 24.3 Å². The van der Waals surface area contributed by atoms with E-state index in [2.05, 4.69) is 0 Å². The second-order valence-electron chi connectivity index (χ2n) is 6.94. The molecule has 2 aromatic heterocycles. The average Bonchev–Trinajstić information content (AvgIpc) is 2.73. The molecule has 0 saturated carbocycles. The number of para-hydroxylation sites is 1. The molecule has 4 rings (SSSR count). The van der Waals surface area contributed by atoms with Gasteiger partial charge in [-0.3, -0.25) is 27.9 Å². The molecule has 10 heteroatoms. The van der Waals surface area contributed by atoms with Crippen molar-refractivity contribution >= 4 is 0 Å². The molecule has 1 aromatic carbocycles. The van der Waals surface area contributed by atoms with E-state index in [9.17, 15) is 24.3 Å². The van der Waals surface area contributed by atoms with Gasteiger partial charge in [0.15, 0.2) is 0 Å². The number of fused-ring (bicyclic) bond motifs is 2. The van der Waals surface area contributed by atoms with Crippen LogP contribution in [0.25, 0.3) is 0 Å². The number of nitrogens with zero attached hydrogens (tertiary/aromatic N) is 4. The summed E-state index contributed by atoms with van der Waals surface area (Å²) in [4.78, 5) is 50.6. The van der Waals surface area contributed by atoms with Gasteiger partial charge >= 0.3 is 11.4 Å². The van der Waals surface area contributed by atoms with Gasteiger partial charge < -0.3 is 9.84 Å². The smallest absolute Gasteiger partial charge is 0.333 e. The summed E-state index contributed by atoms with van der Waals surface area (Å²) in [6.45, 7) is 0. The van der Waals surface area contributed by atoms with Gasteiger partial charge in [0.2, 0.25) is 11.8 Å². The van der Waals surface area contributed by atoms with Crippen molar-refractivity contribution in [3.63, 3.8) is 0 Å². The van der Waals surface area contributed by atoms with E-state index < -0.39 is 34.3 Å². The Morgan fingerprint density at radius 2 is 1.34 bits per heavy atom. The minimum atomic E-state index is -1.04. The highest BCUT2D eigenvalue weighted by Crippen LogP contribution is 2.45. The van der Waals surface area contributed by atoms with E-state index in [1.165, 1.54) is 32.8 Å². The molecule has 1 aliphatic heterocycles. The van der Waals surface area contributed by atoms with Gasteiger partial charge in [0.25, 0.3) is 11.1 Å². The normalized spacial score (nSPS) is 14.8. The molecule has 1 atom stereocenters. The van der Waals surface area contributed by atoms with Crippen LogP contribution in [-0.2, 0) is 28.2 Å². The third-order valence-electron chi connectivity index (χ3n) is 5.33. The van der Waals surface area contributed by atoms with Crippen LogP contribution >= 0.6 is 0 Å². The van der Waals surface area contributed by atoms with Crippen LogP contribution in [0, 0.1) is 0 Å². The van der Waals surface area contributed by atoms with E-state index in [1.807, 2.05) is 0 Å². The zero-order valence-corrected chi connectivity index (χ0v) is 16.2. The van der Waals surface area contributed by atoms with Gasteiger partial charge in [-0.2, -0.15) is 0 Å². The molecule has 3 heterocycles. The van der Waals surface area contributed by atoms with Crippen LogP contribution in [-0.4, -0.2) is 23.4 Å². The van der Waals surface area contributed by atoms with Crippen molar-refractivity contribution in [1.29, 1.82) is 0 Å². The Bertz CT molecular complexity index is 1390. The molecule has 1 aliphatic rings. The zero-order valence-electron chi connectivity index (χ0n) is 16.2. The lowest BCUT2D eigenvalue weighted by atomic mass is 9.84. The van der Waals surface area contributed by atoms with Crippen molar-refractivity contribution in [1.82, 2.24) is 18.3 Å². The Morgan fingerprint density at radius 1 is 0.793 bits per heavy atom. The summed E-state index contributed by atoms with van der Waals surface area (Å²) in [6.07, 6.45) is 0. The van der Waals surface area contributed by atoms with Crippen molar-refractivity contribution in [2.45, 2.75) is 5.92 Å². The third kappa shape index (κ3) is 2.35. The fourth-order valence-corrected chi connectivity index (χ4v) is 3.71. The fraction of sp³-hybridized carbons (Fsp3) is 0.263. The SMILES string of the molecule is Cn1c(O)c([C@@H]2c3ccccc3Oc3c2c(=O)n(C)c(=O)n3C)c(=O)n(C)c1=O. The molecule has 0 spiro atoms. The van der Waals surface area contributed by atoms with Gasteiger partial charge in [-0.1, -0.05) is 18.2 Å². The van der Waals surface area contributed by atoms with E-state index in [0.29, 0.717) is 11.3 Å². The van der Waals surface area contributed by atoms with E-state index in [0.717, 1.165) is 13.7 Å². The van der Waals surface area contributed by atoms with Crippen molar-refractivity contribution in [3.05, 3.63) is 82.6 Å². The Kier molecular flexibility index (Phi) is 3.89. The number of hydrogen-bond donors (Lipinski definition) is 1. The van der Waals surface area contributed by atoms with Gasteiger partial charge in [0.05, 0.1) is 17.0 Å². The first-order valence-corrected chi connectivity index (χ1v) is 8.72. The van der Waals surface area contributed by atoms with E-state index in [4.69, 9.17) is 4.74 Å². The van der Waals surface area contributed by atoms with Gasteiger partial charge in [-0.25, -0.2) is 9.59 Å². The molecule has 3 aromatic rings. The Labute approximate surface area is 163 Å². The molecular weight excluding hydrogens is 380 g/mol. The van der Waals surface area contributed by atoms with E-state index >= 15 is 0 Å². The summed E-state index contributed by atoms with van der Waals surface area (Å²) < 4.78 is 9.70. The van der Waals surface area contributed by atoms with Crippen LogP contribution in [0.3, 0.4) is 0 Å². The van der Waals surface area contributed by atoms with Gasteiger partial charge in [0, 0.05) is 33.8 Å². The van der Waals surface area contributed by atoms with Crippen LogP contribution < -0.4 is 27.2 Å². The summed E-state index contributed by atoms with van der Waals surface area (Å²) in [5.41, 5.74) is -2.36. The predicted octanol–water partition coefficient (Wildman–Crippen LogP) is -0.527. The summed E-state index contributed by atoms with van der Waals surface area (Å²) in [6, 6.07) is 6.71. The van der Waals surface area contributed by atoms with Gasteiger partial charge in [0.1, 0.15) is 5.75 Å². The summed E-state index contributed by atoms with van der Waals surface area (Å²) in [7, 11) is 5.38. The third-order valence-corrected chi connectivity index (χ3v) is 5.33. The minimum absolute atomic E-state index is 0.0166. The number of rotatable bonds is 1. The quantitative estimate of drug-likeness (QED) is 0.461. The first-order chi connectivity index (χ1) is 13.7. The highest BCUT2D eigenvalue weighted by Gasteiger charge is 2.38. The molecule has 0 bridgehead atoms. The molecule has 10 nitrogen and oxygen atoms in total. The number of hydrogen-bond acceptors (Lipinski definition) is 6. The van der Waals surface area contributed by atoms with Crippen molar-refractivity contribution in [2.75, 3.05) is 0 Å². The maximum absolute atomic E-state index is 13.0. The number of aromatic nitrogens is 4. The second kappa shape index (κ2) is 6.09. The van der Waals surface area contributed by atoms with Gasteiger partial charge in [-0.15, -0.1) is 0 Å².